The zero-order valence-electron chi connectivity index (χ0n) is 32.4. The summed E-state index contributed by atoms with van der Waals surface area (Å²) in [6.45, 7) is 14.0. The maximum absolute atomic E-state index is 13.7. The number of aromatic nitrogens is 1. The molecule has 1 aromatic carbocycles. The number of unbranched alkanes of at least 4 members (excludes halogenated alkanes) is 1. The lowest BCUT2D eigenvalue weighted by Gasteiger charge is -2.36. The Hall–Kier alpha value is -3.63. The number of carbonyl (C=O) groups is 4. The standard InChI is InChI=1S/C38H62N6O8S/c1-7-10-16-34(45)44(26-49-9-3)32(27(4)5)24-33(51-18-8-2)37-41-31(25-53-37)36(47)40-30(23-29-14-12-11-13-15-29)22-28(6)35(46)42-43-38(48)52-21-20-50-19-17-39/h11-15,25,27-28,30,32-33H,7-10,16-24,26,39H2,1-6H3,(H,40,47)(H,42,46)(H,43,48)/t28?,30-,32?,33-/m1/s1. The quantitative estimate of drug-likeness (QED) is 0.0569. The van der Waals surface area contributed by atoms with Gasteiger partial charge in [-0.1, -0.05) is 71.4 Å². The van der Waals surface area contributed by atoms with E-state index in [1.165, 1.54) is 11.3 Å². The molecule has 53 heavy (non-hydrogen) atoms. The van der Waals surface area contributed by atoms with Crippen molar-refractivity contribution >= 4 is 35.2 Å². The Morgan fingerprint density at radius 2 is 1.68 bits per heavy atom. The Morgan fingerprint density at radius 1 is 0.925 bits per heavy atom. The van der Waals surface area contributed by atoms with Gasteiger partial charge in [0.1, 0.15) is 30.1 Å². The molecule has 0 aliphatic heterocycles. The van der Waals surface area contributed by atoms with E-state index in [1.54, 1.807) is 12.3 Å². The topological polar surface area (TPSA) is 183 Å². The molecule has 1 heterocycles. The second-order valence-corrected chi connectivity index (χ2v) is 14.1. The van der Waals surface area contributed by atoms with Gasteiger partial charge in [-0.2, -0.15) is 0 Å². The predicted octanol–water partition coefficient (Wildman–Crippen LogP) is 5.14. The highest BCUT2D eigenvalue weighted by molar-refractivity contribution is 7.09. The van der Waals surface area contributed by atoms with Crippen LogP contribution in [0.4, 0.5) is 4.79 Å². The average molecular weight is 763 g/mol. The fraction of sp³-hybridized carbons (Fsp3) is 0.658. The summed E-state index contributed by atoms with van der Waals surface area (Å²) in [5.41, 5.74) is 11.2. The molecule has 0 spiro atoms. The van der Waals surface area contributed by atoms with E-state index in [-0.39, 0.29) is 55.8 Å². The maximum atomic E-state index is 13.7. The van der Waals surface area contributed by atoms with E-state index in [2.05, 4.69) is 36.9 Å². The van der Waals surface area contributed by atoms with Crippen molar-refractivity contribution in [2.75, 3.05) is 46.3 Å². The maximum Gasteiger partial charge on any atom is 0.426 e. The van der Waals surface area contributed by atoms with Gasteiger partial charge in [0, 0.05) is 56.0 Å². The van der Waals surface area contributed by atoms with E-state index in [0.29, 0.717) is 50.6 Å². The summed E-state index contributed by atoms with van der Waals surface area (Å²) in [6.07, 6.45) is 2.99. The van der Waals surface area contributed by atoms with Crippen LogP contribution in [0.2, 0.25) is 0 Å². The summed E-state index contributed by atoms with van der Waals surface area (Å²) in [4.78, 5) is 58.5. The number of nitrogens with one attached hydrogen (secondary N) is 3. The van der Waals surface area contributed by atoms with E-state index in [9.17, 15) is 19.2 Å². The number of carbonyl (C=O) groups excluding carboxylic acids is 4. The zero-order chi connectivity index (χ0) is 39.0. The fourth-order valence-electron chi connectivity index (χ4n) is 5.57. The van der Waals surface area contributed by atoms with Crippen LogP contribution in [0.15, 0.2) is 35.7 Å². The van der Waals surface area contributed by atoms with Crippen molar-refractivity contribution in [3.05, 3.63) is 52.0 Å². The fourth-order valence-corrected chi connectivity index (χ4v) is 6.43. The molecule has 298 valence electrons. The van der Waals surface area contributed by atoms with E-state index in [1.807, 2.05) is 49.1 Å². The number of hydrogen-bond donors (Lipinski definition) is 4. The molecule has 5 N–H and O–H groups in total. The van der Waals surface area contributed by atoms with E-state index < -0.39 is 30.1 Å². The third-order valence-corrected chi connectivity index (χ3v) is 9.37. The Morgan fingerprint density at radius 3 is 2.34 bits per heavy atom. The van der Waals surface area contributed by atoms with Crippen molar-refractivity contribution in [3.63, 3.8) is 0 Å². The van der Waals surface area contributed by atoms with Crippen molar-refractivity contribution in [1.82, 2.24) is 26.1 Å². The number of ether oxygens (including phenoxy) is 4. The lowest BCUT2D eigenvalue weighted by molar-refractivity contribution is -0.143. The summed E-state index contributed by atoms with van der Waals surface area (Å²) < 4.78 is 22.2. The van der Waals surface area contributed by atoms with Crippen LogP contribution in [-0.2, 0) is 35.0 Å². The first kappa shape index (κ1) is 45.5. The SMILES string of the molecule is CCCCC(=O)N(COCC)C(C[C@@H](OCCC)c1nc(C(=O)N[C@@H](Cc2ccccc2)CC(C)C(=O)NNC(=O)OCCOCCN)cs1)C(C)C. The largest absolute Gasteiger partial charge is 0.446 e. The highest BCUT2D eigenvalue weighted by atomic mass is 32.1. The molecular weight excluding hydrogens is 701 g/mol. The van der Waals surface area contributed by atoms with Crippen molar-refractivity contribution in [2.24, 2.45) is 17.6 Å². The molecule has 0 bridgehead atoms. The summed E-state index contributed by atoms with van der Waals surface area (Å²) >= 11 is 1.35. The van der Waals surface area contributed by atoms with E-state index >= 15 is 0 Å². The van der Waals surface area contributed by atoms with Gasteiger partial charge in [-0.15, -0.1) is 11.3 Å². The molecule has 15 heteroatoms. The van der Waals surface area contributed by atoms with E-state index in [4.69, 9.17) is 29.7 Å². The van der Waals surface area contributed by atoms with Crippen LogP contribution >= 0.6 is 11.3 Å². The van der Waals surface area contributed by atoms with Crippen LogP contribution in [-0.4, -0.2) is 92.1 Å². The normalized spacial score (nSPS) is 13.5. The molecule has 0 saturated carbocycles. The Bertz CT molecular complexity index is 1350. The van der Waals surface area contributed by atoms with Crippen molar-refractivity contribution < 1.29 is 38.1 Å². The van der Waals surface area contributed by atoms with Crippen LogP contribution < -0.4 is 21.9 Å². The Kier molecular flexibility index (Phi) is 22.5. The third-order valence-electron chi connectivity index (χ3n) is 8.43. The monoisotopic (exact) mass is 762 g/mol. The summed E-state index contributed by atoms with van der Waals surface area (Å²) in [6, 6.07) is 9.08. The van der Waals surface area contributed by atoms with Crippen LogP contribution in [0.1, 0.15) is 107 Å². The van der Waals surface area contributed by atoms with Gasteiger partial charge in [-0.25, -0.2) is 15.2 Å². The number of hydrazine groups is 1. The smallest absolute Gasteiger partial charge is 0.426 e. The Labute approximate surface area is 319 Å². The first-order chi connectivity index (χ1) is 25.5. The number of nitrogens with zero attached hydrogens (tertiary/aromatic N) is 2. The number of amides is 4. The minimum absolute atomic E-state index is 0.00956. The minimum Gasteiger partial charge on any atom is -0.446 e. The van der Waals surface area contributed by atoms with Crippen LogP contribution in [0.3, 0.4) is 0 Å². The molecule has 2 rings (SSSR count). The van der Waals surface area contributed by atoms with Crippen molar-refractivity contribution in [1.29, 1.82) is 0 Å². The molecule has 1 aromatic heterocycles. The summed E-state index contributed by atoms with van der Waals surface area (Å²) in [5.74, 6) is -1.22. The van der Waals surface area contributed by atoms with Crippen LogP contribution in [0.5, 0.6) is 0 Å². The first-order valence-electron chi connectivity index (χ1n) is 18.8. The van der Waals surface area contributed by atoms with Gasteiger partial charge in [-0.3, -0.25) is 19.8 Å². The zero-order valence-corrected chi connectivity index (χ0v) is 33.2. The minimum atomic E-state index is -0.818. The second kappa shape index (κ2) is 26.2. The molecular formula is C38H62N6O8S. The number of hydrogen-bond acceptors (Lipinski definition) is 11. The molecule has 2 unspecified atom stereocenters. The second-order valence-electron chi connectivity index (χ2n) is 13.2. The number of benzene rings is 1. The molecule has 4 amide bonds. The van der Waals surface area contributed by atoms with Gasteiger partial charge >= 0.3 is 6.09 Å². The molecule has 0 aliphatic rings. The molecule has 0 fully saturated rings. The van der Waals surface area contributed by atoms with Crippen molar-refractivity contribution in [2.45, 2.75) is 105 Å². The molecule has 0 radical (unpaired) electrons. The van der Waals surface area contributed by atoms with Crippen LogP contribution in [0.25, 0.3) is 0 Å². The molecule has 0 saturated heterocycles. The number of nitrogens with two attached hydrogens (primary N) is 1. The van der Waals surface area contributed by atoms with Gasteiger partial charge in [0.05, 0.1) is 13.2 Å². The lowest BCUT2D eigenvalue weighted by atomic mass is 9.95. The number of thiazole rings is 1. The molecule has 14 nitrogen and oxygen atoms in total. The molecule has 4 atom stereocenters. The number of rotatable bonds is 26. The van der Waals surface area contributed by atoms with Crippen LogP contribution in [0, 0.1) is 11.8 Å². The van der Waals surface area contributed by atoms with Gasteiger partial charge in [0.2, 0.25) is 11.8 Å². The molecule has 2 aromatic rings. The van der Waals surface area contributed by atoms with Crippen molar-refractivity contribution in [3.8, 4) is 0 Å². The third kappa shape index (κ3) is 17.4. The lowest BCUT2D eigenvalue weighted by Crippen LogP contribution is -2.46. The predicted molar refractivity (Wildman–Crippen MR) is 205 cm³/mol. The summed E-state index contributed by atoms with van der Waals surface area (Å²) in [7, 11) is 0. The van der Waals surface area contributed by atoms with Gasteiger partial charge in [-0.05, 0) is 44.1 Å². The average Bonchev–Trinajstić information content (AvgIpc) is 3.64. The van der Waals surface area contributed by atoms with Gasteiger partial charge in [0.15, 0.2) is 0 Å². The van der Waals surface area contributed by atoms with Gasteiger partial charge in [0.25, 0.3) is 5.91 Å². The highest BCUT2D eigenvalue weighted by Gasteiger charge is 2.32. The highest BCUT2D eigenvalue weighted by Crippen LogP contribution is 2.31. The van der Waals surface area contributed by atoms with E-state index in [0.717, 1.165) is 24.8 Å². The first-order valence-corrected chi connectivity index (χ1v) is 19.7. The summed E-state index contributed by atoms with van der Waals surface area (Å²) in [5, 5.41) is 5.46. The Balaban J connectivity index is 2.19. The van der Waals surface area contributed by atoms with Gasteiger partial charge < -0.3 is 34.9 Å². The molecule has 0 aliphatic carbocycles.